The molecule has 0 radical (unpaired) electrons. The molecule has 2 aromatic rings. The maximum atomic E-state index is 11.4. The highest BCUT2D eigenvalue weighted by molar-refractivity contribution is 5.72. The molecule has 6 nitrogen and oxygen atoms in total. The molecule has 23 heavy (non-hydrogen) atoms. The fraction of sp³-hybridized carbons (Fsp3) is 0.235. The van der Waals surface area contributed by atoms with Crippen molar-refractivity contribution in [3.05, 3.63) is 65.0 Å². The van der Waals surface area contributed by atoms with Gasteiger partial charge >= 0.3 is 0 Å². The van der Waals surface area contributed by atoms with Crippen molar-refractivity contribution in [2.24, 2.45) is 5.11 Å². The number of ether oxygens (including phenoxy) is 1. The van der Waals surface area contributed by atoms with E-state index in [1.807, 2.05) is 54.6 Å². The molecule has 0 spiro atoms. The van der Waals surface area contributed by atoms with E-state index >= 15 is 0 Å². The van der Waals surface area contributed by atoms with Crippen LogP contribution in [0.1, 0.15) is 6.92 Å². The first-order valence-electron chi connectivity index (χ1n) is 7.28. The number of hydrogen-bond donors (Lipinski definition) is 0. The summed E-state index contributed by atoms with van der Waals surface area (Å²) in [5.74, 6) is 0. The number of hydrogen-bond acceptors (Lipinski definition) is 4. The molecule has 3 rings (SSSR count). The molecule has 1 aliphatic heterocycles. The third kappa shape index (κ3) is 2.90. The molecule has 0 N–H and O–H groups in total. The summed E-state index contributed by atoms with van der Waals surface area (Å²) in [4.78, 5) is 16.0. The van der Waals surface area contributed by atoms with E-state index in [1.165, 1.54) is 0 Å². The largest absolute Gasteiger partial charge is 0.338 e. The van der Waals surface area contributed by atoms with Gasteiger partial charge in [0, 0.05) is 10.6 Å². The van der Waals surface area contributed by atoms with Gasteiger partial charge in [-0.3, -0.25) is 4.79 Å². The van der Waals surface area contributed by atoms with E-state index in [2.05, 4.69) is 10.0 Å². The van der Waals surface area contributed by atoms with Crippen molar-refractivity contribution in [3.8, 4) is 11.1 Å². The summed E-state index contributed by atoms with van der Waals surface area (Å²) in [7, 11) is 0. The lowest BCUT2D eigenvalue weighted by molar-refractivity contribution is -0.127. The normalized spacial score (nSPS) is 23.3. The standard InChI is InChI=1S/C17H16N4O2/c1-17(12-22)21(11-16(23-17)19-20-18)15-9-7-14(8-10-15)13-5-3-2-4-6-13/h2-10,12,16H,11H2,1H3. The van der Waals surface area contributed by atoms with E-state index in [4.69, 9.17) is 10.3 Å². The molecule has 2 unspecified atom stereocenters. The van der Waals surface area contributed by atoms with Crippen LogP contribution >= 0.6 is 0 Å². The van der Waals surface area contributed by atoms with Gasteiger partial charge in [-0.25, -0.2) is 0 Å². The van der Waals surface area contributed by atoms with E-state index in [-0.39, 0.29) is 0 Å². The first-order valence-corrected chi connectivity index (χ1v) is 7.28. The third-order valence-electron chi connectivity index (χ3n) is 3.93. The molecule has 0 amide bonds. The van der Waals surface area contributed by atoms with Gasteiger partial charge in [0.2, 0.25) is 0 Å². The zero-order valence-electron chi connectivity index (χ0n) is 12.7. The molecule has 116 valence electrons. The van der Waals surface area contributed by atoms with Crippen molar-refractivity contribution < 1.29 is 9.53 Å². The number of rotatable bonds is 4. The van der Waals surface area contributed by atoms with Crippen LogP contribution in [0.3, 0.4) is 0 Å². The van der Waals surface area contributed by atoms with Crippen LogP contribution in [0.15, 0.2) is 59.7 Å². The Labute approximate surface area is 133 Å². The lowest BCUT2D eigenvalue weighted by Gasteiger charge is -2.30. The SMILES string of the molecule is CC1(C=O)OC(N=[N+]=[N-])CN1c1ccc(-c2ccccc2)cc1. The number of carbonyl (C=O) groups excluding carboxylic acids is 1. The average Bonchev–Trinajstić information content (AvgIpc) is 2.93. The molecule has 1 saturated heterocycles. The van der Waals surface area contributed by atoms with Crippen LogP contribution in [-0.2, 0) is 9.53 Å². The monoisotopic (exact) mass is 308 g/mol. The number of aldehydes is 1. The fourth-order valence-electron chi connectivity index (χ4n) is 2.75. The predicted octanol–water partition coefficient (Wildman–Crippen LogP) is 3.74. The highest BCUT2D eigenvalue weighted by Gasteiger charge is 2.43. The Hall–Kier alpha value is -2.82. The van der Waals surface area contributed by atoms with Crippen LogP contribution in [-0.4, -0.2) is 24.8 Å². The minimum absolute atomic E-state index is 0.337. The second-order valence-electron chi connectivity index (χ2n) is 5.47. The third-order valence-corrected chi connectivity index (χ3v) is 3.93. The molecule has 2 atom stereocenters. The molecule has 0 aliphatic carbocycles. The number of azide groups is 1. The molecule has 0 bridgehead atoms. The Bertz CT molecular complexity index is 741. The van der Waals surface area contributed by atoms with Crippen LogP contribution in [0.25, 0.3) is 21.6 Å². The lowest BCUT2D eigenvalue weighted by Crippen LogP contribution is -2.43. The Morgan fingerprint density at radius 3 is 2.48 bits per heavy atom. The van der Waals surface area contributed by atoms with Gasteiger partial charge in [-0.05, 0) is 35.7 Å². The Kier molecular flexibility index (Phi) is 4.02. The second-order valence-corrected chi connectivity index (χ2v) is 5.47. The quantitative estimate of drug-likeness (QED) is 0.373. The zero-order valence-corrected chi connectivity index (χ0v) is 12.7. The van der Waals surface area contributed by atoms with E-state index in [0.717, 1.165) is 23.1 Å². The molecular formula is C17H16N4O2. The zero-order chi connectivity index (χ0) is 16.3. The van der Waals surface area contributed by atoms with Gasteiger partial charge in [0.25, 0.3) is 0 Å². The highest BCUT2D eigenvalue weighted by atomic mass is 16.6. The van der Waals surface area contributed by atoms with Crippen molar-refractivity contribution in [3.63, 3.8) is 0 Å². The van der Waals surface area contributed by atoms with Crippen LogP contribution in [0.5, 0.6) is 0 Å². The summed E-state index contributed by atoms with van der Waals surface area (Å²) in [5.41, 5.74) is 10.5. The molecule has 1 aliphatic rings. The van der Waals surface area contributed by atoms with Crippen molar-refractivity contribution >= 4 is 12.0 Å². The molecule has 0 saturated carbocycles. The van der Waals surface area contributed by atoms with Crippen LogP contribution in [0, 0.1) is 0 Å². The van der Waals surface area contributed by atoms with Gasteiger partial charge in [0.15, 0.2) is 18.2 Å². The lowest BCUT2D eigenvalue weighted by atomic mass is 10.0. The van der Waals surface area contributed by atoms with Crippen LogP contribution in [0.2, 0.25) is 0 Å². The first-order chi connectivity index (χ1) is 11.2. The Balaban J connectivity index is 1.89. The molecule has 6 heteroatoms. The second kappa shape index (κ2) is 6.12. The van der Waals surface area contributed by atoms with E-state index < -0.39 is 12.0 Å². The van der Waals surface area contributed by atoms with Gasteiger partial charge in [-0.1, -0.05) is 47.6 Å². The van der Waals surface area contributed by atoms with E-state index in [1.54, 1.807) is 11.8 Å². The van der Waals surface area contributed by atoms with Crippen LogP contribution in [0.4, 0.5) is 5.69 Å². The van der Waals surface area contributed by atoms with Gasteiger partial charge in [0.05, 0.1) is 6.54 Å². The predicted molar refractivity (Wildman–Crippen MR) is 87.7 cm³/mol. The number of carbonyl (C=O) groups is 1. The van der Waals surface area contributed by atoms with Gasteiger partial charge in [-0.2, -0.15) is 0 Å². The smallest absolute Gasteiger partial charge is 0.195 e. The van der Waals surface area contributed by atoms with Gasteiger partial charge < -0.3 is 9.64 Å². The maximum absolute atomic E-state index is 11.4. The maximum Gasteiger partial charge on any atom is 0.195 e. The first kappa shape index (κ1) is 15.1. The Morgan fingerprint density at radius 1 is 1.22 bits per heavy atom. The van der Waals surface area contributed by atoms with Crippen molar-refractivity contribution in [1.82, 2.24) is 0 Å². The molecule has 1 heterocycles. The molecule has 2 aromatic carbocycles. The minimum Gasteiger partial charge on any atom is -0.338 e. The molecule has 0 aromatic heterocycles. The van der Waals surface area contributed by atoms with Gasteiger partial charge in [0.1, 0.15) is 0 Å². The summed E-state index contributed by atoms with van der Waals surface area (Å²) in [6.07, 6.45) is 0.0503. The summed E-state index contributed by atoms with van der Waals surface area (Å²) in [5, 5.41) is 3.57. The van der Waals surface area contributed by atoms with E-state index in [9.17, 15) is 4.79 Å². The van der Waals surface area contributed by atoms with Crippen LogP contribution < -0.4 is 4.90 Å². The summed E-state index contributed by atoms with van der Waals surface area (Å²) in [6, 6.07) is 17.9. The summed E-state index contributed by atoms with van der Waals surface area (Å²) in [6.45, 7) is 2.00. The Morgan fingerprint density at radius 2 is 1.87 bits per heavy atom. The summed E-state index contributed by atoms with van der Waals surface area (Å²) >= 11 is 0. The van der Waals surface area contributed by atoms with Gasteiger partial charge in [-0.15, -0.1) is 0 Å². The highest BCUT2D eigenvalue weighted by Crippen LogP contribution is 2.33. The molecular weight excluding hydrogens is 292 g/mol. The summed E-state index contributed by atoms with van der Waals surface area (Å²) < 4.78 is 5.56. The van der Waals surface area contributed by atoms with Crippen molar-refractivity contribution in [1.29, 1.82) is 0 Å². The molecule has 1 fully saturated rings. The number of anilines is 1. The average molecular weight is 308 g/mol. The minimum atomic E-state index is -1.13. The number of nitrogens with zero attached hydrogens (tertiary/aromatic N) is 4. The topological polar surface area (TPSA) is 78.3 Å². The van der Waals surface area contributed by atoms with Crippen molar-refractivity contribution in [2.45, 2.75) is 18.9 Å². The van der Waals surface area contributed by atoms with Crippen molar-refractivity contribution in [2.75, 3.05) is 11.4 Å². The fourth-order valence-corrected chi connectivity index (χ4v) is 2.75. The number of benzene rings is 2. The van der Waals surface area contributed by atoms with E-state index in [0.29, 0.717) is 6.54 Å².